The summed E-state index contributed by atoms with van der Waals surface area (Å²) in [6, 6.07) is 0. The zero-order valence-electron chi connectivity index (χ0n) is 11.3. The van der Waals surface area contributed by atoms with Crippen molar-refractivity contribution in [3.8, 4) is 10.6 Å². The Labute approximate surface area is 121 Å². The molecule has 0 radical (unpaired) electrons. The Morgan fingerprint density at radius 1 is 1.32 bits per heavy atom. The van der Waals surface area contributed by atoms with Crippen LogP contribution in [0.1, 0.15) is 19.5 Å². The predicted octanol–water partition coefficient (Wildman–Crippen LogP) is 2.84. The minimum Gasteiger partial charge on any atom is -0.378 e. The van der Waals surface area contributed by atoms with E-state index in [0.717, 1.165) is 34.5 Å². The molecule has 19 heavy (non-hydrogen) atoms. The van der Waals surface area contributed by atoms with Gasteiger partial charge in [0.05, 0.1) is 22.9 Å². The highest BCUT2D eigenvalue weighted by Gasteiger charge is 2.17. The van der Waals surface area contributed by atoms with Crippen LogP contribution in [0, 0.1) is 0 Å². The molecular formula is C12H18N4OS2. The lowest BCUT2D eigenvalue weighted by Gasteiger charge is -2.16. The minimum absolute atomic E-state index is 0.491. The summed E-state index contributed by atoms with van der Waals surface area (Å²) in [5.41, 5.74) is 7.53. The van der Waals surface area contributed by atoms with E-state index in [1.807, 2.05) is 5.38 Å². The maximum Gasteiger partial charge on any atom is 0.186 e. The molecule has 0 spiro atoms. The molecule has 0 unspecified atom stereocenters. The molecule has 2 heterocycles. The van der Waals surface area contributed by atoms with Gasteiger partial charge in [0.15, 0.2) is 10.3 Å². The quantitative estimate of drug-likeness (QED) is 0.888. The maximum atomic E-state index is 5.71. The van der Waals surface area contributed by atoms with E-state index in [9.17, 15) is 0 Å². The van der Waals surface area contributed by atoms with Crippen molar-refractivity contribution in [1.82, 2.24) is 9.97 Å². The van der Waals surface area contributed by atoms with Crippen LogP contribution in [-0.2, 0) is 11.3 Å². The molecule has 0 saturated carbocycles. The second-order valence-electron chi connectivity index (χ2n) is 3.95. The molecule has 2 N–H and O–H groups in total. The Hall–Kier alpha value is -1.18. The van der Waals surface area contributed by atoms with Crippen LogP contribution in [-0.4, -0.2) is 30.2 Å². The topological polar surface area (TPSA) is 64.3 Å². The van der Waals surface area contributed by atoms with Gasteiger partial charge >= 0.3 is 0 Å². The molecule has 2 rings (SSSR count). The van der Waals surface area contributed by atoms with Crippen LogP contribution in [0.25, 0.3) is 10.6 Å². The average molecular weight is 298 g/mol. The number of methoxy groups -OCH3 is 1. The van der Waals surface area contributed by atoms with Crippen LogP contribution in [0.3, 0.4) is 0 Å². The van der Waals surface area contributed by atoms with Gasteiger partial charge in [-0.15, -0.1) is 11.3 Å². The van der Waals surface area contributed by atoms with E-state index in [0.29, 0.717) is 11.7 Å². The Morgan fingerprint density at radius 2 is 2.05 bits per heavy atom. The molecule has 0 amide bonds. The number of rotatable bonds is 6. The zero-order chi connectivity index (χ0) is 13.8. The van der Waals surface area contributed by atoms with E-state index in [1.165, 1.54) is 11.3 Å². The zero-order valence-corrected chi connectivity index (χ0v) is 13.0. The van der Waals surface area contributed by atoms with E-state index in [4.69, 9.17) is 10.5 Å². The normalized spacial score (nSPS) is 10.9. The molecular weight excluding hydrogens is 280 g/mol. The lowest BCUT2D eigenvalue weighted by Crippen LogP contribution is -2.21. The lowest BCUT2D eigenvalue weighted by molar-refractivity contribution is 0.182. The standard InChI is InChI=1S/C12H18N4OS2/c1-4-16(5-2)12-15-8(6-17-3)10(19-12)9-7-18-11(13)14-9/h7H,4-6H2,1-3H3,(H2,13,14). The smallest absolute Gasteiger partial charge is 0.186 e. The maximum absolute atomic E-state index is 5.71. The summed E-state index contributed by atoms with van der Waals surface area (Å²) in [5, 5.41) is 3.56. The molecule has 0 aliphatic carbocycles. The Balaban J connectivity index is 2.40. The molecule has 104 valence electrons. The van der Waals surface area contributed by atoms with Gasteiger partial charge in [0, 0.05) is 25.6 Å². The molecule has 0 atom stereocenters. The third-order valence-corrected chi connectivity index (χ3v) is 4.61. The monoisotopic (exact) mass is 298 g/mol. The fourth-order valence-electron chi connectivity index (χ4n) is 1.80. The number of nitrogens with zero attached hydrogens (tertiary/aromatic N) is 3. The highest BCUT2D eigenvalue weighted by Crippen LogP contribution is 2.36. The second kappa shape index (κ2) is 6.31. The molecule has 5 nitrogen and oxygen atoms in total. The SMILES string of the molecule is CCN(CC)c1nc(COC)c(-c2csc(N)n2)s1. The average Bonchev–Trinajstić information content (AvgIpc) is 2.98. The van der Waals surface area contributed by atoms with Crippen LogP contribution < -0.4 is 10.6 Å². The molecule has 2 aromatic rings. The molecule has 2 aromatic heterocycles. The summed E-state index contributed by atoms with van der Waals surface area (Å²) in [4.78, 5) is 12.3. The highest BCUT2D eigenvalue weighted by molar-refractivity contribution is 7.19. The molecule has 0 aliphatic heterocycles. The number of hydrogen-bond donors (Lipinski definition) is 1. The number of hydrogen-bond acceptors (Lipinski definition) is 7. The van der Waals surface area contributed by atoms with E-state index < -0.39 is 0 Å². The van der Waals surface area contributed by atoms with Crippen molar-refractivity contribution in [1.29, 1.82) is 0 Å². The van der Waals surface area contributed by atoms with Crippen molar-refractivity contribution in [3.05, 3.63) is 11.1 Å². The van der Waals surface area contributed by atoms with Gasteiger partial charge in [-0.25, -0.2) is 9.97 Å². The number of nitrogen functional groups attached to an aromatic ring is 1. The molecule has 0 saturated heterocycles. The summed E-state index contributed by atoms with van der Waals surface area (Å²) >= 11 is 3.09. The first-order valence-corrected chi connectivity index (χ1v) is 7.84. The highest BCUT2D eigenvalue weighted by atomic mass is 32.1. The molecule has 7 heteroatoms. The lowest BCUT2D eigenvalue weighted by atomic mass is 10.3. The van der Waals surface area contributed by atoms with Crippen molar-refractivity contribution in [2.45, 2.75) is 20.5 Å². The number of thiazole rings is 2. The van der Waals surface area contributed by atoms with Crippen molar-refractivity contribution in [3.63, 3.8) is 0 Å². The van der Waals surface area contributed by atoms with E-state index >= 15 is 0 Å². The Bertz CT molecular complexity index is 534. The fourth-order valence-corrected chi connectivity index (χ4v) is 3.58. The van der Waals surface area contributed by atoms with E-state index in [2.05, 4.69) is 28.7 Å². The second-order valence-corrected chi connectivity index (χ2v) is 5.82. The first-order valence-electron chi connectivity index (χ1n) is 6.14. The van der Waals surface area contributed by atoms with Crippen LogP contribution in [0.4, 0.5) is 10.3 Å². The third-order valence-electron chi connectivity index (χ3n) is 2.76. The summed E-state index contributed by atoms with van der Waals surface area (Å²) in [6.45, 7) is 6.62. The van der Waals surface area contributed by atoms with Crippen molar-refractivity contribution < 1.29 is 4.74 Å². The number of ether oxygens (including phenoxy) is 1. The van der Waals surface area contributed by atoms with Gasteiger partial charge in [0.1, 0.15) is 0 Å². The van der Waals surface area contributed by atoms with Gasteiger partial charge in [-0.3, -0.25) is 0 Å². The van der Waals surface area contributed by atoms with Crippen LogP contribution in [0.2, 0.25) is 0 Å². The fraction of sp³-hybridized carbons (Fsp3) is 0.500. The predicted molar refractivity (Wildman–Crippen MR) is 81.9 cm³/mol. The number of nitrogens with two attached hydrogens (primary N) is 1. The minimum atomic E-state index is 0.491. The number of aromatic nitrogens is 2. The summed E-state index contributed by atoms with van der Waals surface area (Å²) in [5.74, 6) is 0. The van der Waals surface area contributed by atoms with Gasteiger partial charge in [0.2, 0.25) is 0 Å². The van der Waals surface area contributed by atoms with Gasteiger partial charge in [-0.2, -0.15) is 0 Å². The van der Waals surface area contributed by atoms with Crippen LogP contribution in [0.15, 0.2) is 5.38 Å². The Kier molecular flexibility index (Phi) is 4.73. The molecule has 0 aliphatic rings. The third kappa shape index (κ3) is 3.05. The van der Waals surface area contributed by atoms with E-state index in [-0.39, 0.29) is 0 Å². The first kappa shape index (κ1) is 14.2. The van der Waals surface area contributed by atoms with Crippen molar-refractivity contribution in [2.24, 2.45) is 0 Å². The van der Waals surface area contributed by atoms with Gasteiger partial charge in [0.25, 0.3) is 0 Å². The van der Waals surface area contributed by atoms with Gasteiger partial charge < -0.3 is 15.4 Å². The van der Waals surface area contributed by atoms with E-state index in [1.54, 1.807) is 18.4 Å². The number of anilines is 2. The molecule has 0 aromatic carbocycles. The van der Waals surface area contributed by atoms with Crippen LogP contribution in [0.5, 0.6) is 0 Å². The molecule has 0 bridgehead atoms. The first-order chi connectivity index (χ1) is 9.19. The van der Waals surface area contributed by atoms with Crippen molar-refractivity contribution >= 4 is 32.9 Å². The Morgan fingerprint density at radius 3 is 2.58 bits per heavy atom. The summed E-state index contributed by atoms with van der Waals surface area (Å²) in [7, 11) is 1.68. The van der Waals surface area contributed by atoms with Crippen LogP contribution >= 0.6 is 22.7 Å². The van der Waals surface area contributed by atoms with Gasteiger partial charge in [-0.05, 0) is 13.8 Å². The summed E-state index contributed by atoms with van der Waals surface area (Å²) < 4.78 is 5.23. The van der Waals surface area contributed by atoms with Crippen molar-refractivity contribution in [2.75, 3.05) is 30.8 Å². The largest absolute Gasteiger partial charge is 0.378 e. The summed E-state index contributed by atoms with van der Waals surface area (Å²) in [6.07, 6.45) is 0. The molecule has 0 fully saturated rings. The van der Waals surface area contributed by atoms with Gasteiger partial charge in [-0.1, -0.05) is 11.3 Å².